The highest BCUT2D eigenvalue weighted by Crippen LogP contribution is 2.40. The molecule has 2 aromatic rings. The molecular weight excluding hydrogens is 308 g/mol. The molecule has 2 aliphatic carbocycles. The predicted octanol–water partition coefficient (Wildman–Crippen LogP) is 1.42. The highest BCUT2D eigenvalue weighted by atomic mass is 16.5. The Kier molecular flexibility index (Phi) is 3.92. The van der Waals surface area contributed by atoms with Crippen LogP contribution in [0.3, 0.4) is 0 Å². The summed E-state index contributed by atoms with van der Waals surface area (Å²) in [7, 11) is 0. The summed E-state index contributed by atoms with van der Waals surface area (Å²) in [6, 6.07) is 3.39. The Morgan fingerprint density at radius 1 is 1.29 bits per heavy atom. The highest BCUT2D eigenvalue weighted by molar-refractivity contribution is 5.92. The Bertz CT molecular complexity index is 819. The number of nitrogens with zero attached hydrogens (tertiary/aromatic N) is 3. The number of fused-ring (bicyclic) bond motifs is 1. The van der Waals surface area contributed by atoms with Gasteiger partial charge in [0.1, 0.15) is 5.76 Å². The van der Waals surface area contributed by atoms with Crippen LogP contribution in [-0.4, -0.2) is 27.4 Å². The standard InChI is InChI=1S/C17H20N4O3/c22-16-9-12-3-1-2-4-13(12)19-21(16)8-7-18-17(23)14-10-15(24-20-14)11-5-6-11/h9-11H,1-8H2,(H,18,23). The van der Waals surface area contributed by atoms with E-state index in [0.717, 1.165) is 55.5 Å². The minimum Gasteiger partial charge on any atom is -0.360 e. The average molecular weight is 328 g/mol. The topological polar surface area (TPSA) is 90.0 Å². The molecule has 0 radical (unpaired) electrons. The molecule has 1 amide bonds. The van der Waals surface area contributed by atoms with Gasteiger partial charge in [0.05, 0.1) is 12.2 Å². The molecule has 0 bridgehead atoms. The minimum absolute atomic E-state index is 0.109. The van der Waals surface area contributed by atoms with E-state index in [0.29, 0.717) is 24.7 Å². The molecule has 1 fully saturated rings. The van der Waals surface area contributed by atoms with Crippen LogP contribution in [0.2, 0.25) is 0 Å². The van der Waals surface area contributed by atoms with Crippen LogP contribution in [0, 0.1) is 0 Å². The Hall–Kier alpha value is -2.44. The zero-order valence-electron chi connectivity index (χ0n) is 13.5. The third kappa shape index (κ3) is 3.11. The first kappa shape index (κ1) is 15.1. The van der Waals surface area contributed by atoms with Gasteiger partial charge in [-0.25, -0.2) is 4.68 Å². The summed E-state index contributed by atoms with van der Waals surface area (Å²) in [5, 5.41) is 11.0. The van der Waals surface area contributed by atoms with Crippen LogP contribution >= 0.6 is 0 Å². The summed E-state index contributed by atoms with van der Waals surface area (Å²) in [6.07, 6.45) is 6.29. The first-order chi connectivity index (χ1) is 11.7. The largest absolute Gasteiger partial charge is 0.360 e. The lowest BCUT2D eigenvalue weighted by atomic mass is 9.97. The molecule has 2 aliphatic rings. The zero-order valence-corrected chi connectivity index (χ0v) is 13.5. The molecule has 24 heavy (non-hydrogen) atoms. The second kappa shape index (κ2) is 6.22. The number of rotatable bonds is 5. The van der Waals surface area contributed by atoms with Crippen LogP contribution in [0.5, 0.6) is 0 Å². The van der Waals surface area contributed by atoms with E-state index in [1.807, 2.05) is 0 Å². The number of amides is 1. The lowest BCUT2D eigenvalue weighted by molar-refractivity contribution is 0.0942. The van der Waals surface area contributed by atoms with Gasteiger partial charge in [-0.05, 0) is 44.1 Å². The first-order valence-electron chi connectivity index (χ1n) is 8.55. The zero-order chi connectivity index (χ0) is 16.5. The van der Waals surface area contributed by atoms with E-state index in [2.05, 4.69) is 15.6 Å². The van der Waals surface area contributed by atoms with Gasteiger partial charge < -0.3 is 9.84 Å². The normalized spacial score (nSPS) is 16.7. The van der Waals surface area contributed by atoms with Gasteiger partial charge in [-0.1, -0.05) is 5.16 Å². The third-order valence-electron chi connectivity index (χ3n) is 4.62. The Labute approximate surface area is 139 Å². The van der Waals surface area contributed by atoms with Crippen molar-refractivity contribution < 1.29 is 9.32 Å². The van der Waals surface area contributed by atoms with Crippen LogP contribution in [0.25, 0.3) is 0 Å². The second-order valence-electron chi connectivity index (χ2n) is 6.53. The molecule has 1 N–H and O–H groups in total. The van der Waals surface area contributed by atoms with Gasteiger partial charge in [-0.15, -0.1) is 0 Å². The number of carbonyl (C=O) groups is 1. The highest BCUT2D eigenvalue weighted by Gasteiger charge is 2.28. The maximum absolute atomic E-state index is 12.1. The van der Waals surface area contributed by atoms with E-state index in [4.69, 9.17) is 4.52 Å². The van der Waals surface area contributed by atoms with Crippen LogP contribution in [0.4, 0.5) is 0 Å². The van der Waals surface area contributed by atoms with Gasteiger partial charge in [0.25, 0.3) is 11.5 Å². The molecule has 0 atom stereocenters. The molecule has 0 aromatic carbocycles. The summed E-state index contributed by atoms with van der Waals surface area (Å²) in [5.74, 6) is 0.932. The molecule has 7 nitrogen and oxygen atoms in total. The smallest absolute Gasteiger partial charge is 0.273 e. The predicted molar refractivity (Wildman–Crippen MR) is 86.0 cm³/mol. The third-order valence-corrected chi connectivity index (χ3v) is 4.62. The van der Waals surface area contributed by atoms with Crippen molar-refractivity contribution >= 4 is 5.91 Å². The summed E-state index contributed by atoms with van der Waals surface area (Å²) >= 11 is 0. The van der Waals surface area contributed by atoms with Crippen molar-refractivity contribution in [2.75, 3.05) is 6.54 Å². The fourth-order valence-corrected chi connectivity index (χ4v) is 3.08. The molecule has 1 saturated carbocycles. The van der Waals surface area contributed by atoms with Crippen molar-refractivity contribution in [3.63, 3.8) is 0 Å². The van der Waals surface area contributed by atoms with Crippen LogP contribution in [0.1, 0.15) is 59.1 Å². The molecule has 0 unspecified atom stereocenters. The van der Waals surface area contributed by atoms with Gasteiger partial charge >= 0.3 is 0 Å². The molecular formula is C17H20N4O3. The molecule has 2 heterocycles. The van der Waals surface area contributed by atoms with Crippen molar-refractivity contribution in [3.05, 3.63) is 45.2 Å². The first-order valence-corrected chi connectivity index (χ1v) is 8.55. The molecule has 0 spiro atoms. The number of aryl methyl sites for hydroxylation is 2. The second-order valence-corrected chi connectivity index (χ2v) is 6.53. The number of carbonyl (C=O) groups excluding carboxylic acids is 1. The lowest BCUT2D eigenvalue weighted by Crippen LogP contribution is -2.33. The van der Waals surface area contributed by atoms with Gasteiger partial charge in [0, 0.05) is 24.6 Å². The van der Waals surface area contributed by atoms with E-state index < -0.39 is 0 Å². The number of nitrogens with one attached hydrogen (secondary N) is 1. The minimum atomic E-state index is -0.281. The van der Waals surface area contributed by atoms with E-state index in [1.165, 1.54) is 4.68 Å². The molecule has 126 valence electrons. The summed E-state index contributed by atoms with van der Waals surface area (Å²) in [5.41, 5.74) is 2.27. The summed E-state index contributed by atoms with van der Waals surface area (Å²) in [4.78, 5) is 24.1. The number of hydrogen-bond donors (Lipinski definition) is 1. The van der Waals surface area contributed by atoms with Crippen molar-refractivity contribution in [1.29, 1.82) is 0 Å². The number of aromatic nitrogens is 3. The van der Waals surface area contributed by atoms with E-state index in [1.54, 1.807) is 12.1 Å². The van der Waals surface area contributed by atoms with Gasteiger partial charge in [-0.2, -0.15) is 5.10 Å². The molecule has 0 saturated heterocycles. The molecule has 7 heteroatoms. The maximum Gasteiger partial charge on any atom is 0.273 e. The average Bonchev–Trinajstić information content (AvgIpc) is 3.32. The number of hydrogen-bond acceptors (Lipinski definition) is 5. The van der Waals surface area contributed by atoms with E-state index in [9.17, 15) is 9.59 Å². The van der Waals surface area contributed by atoms with Gasteiger partial charge in [0.15, 0.2) is 5.69 Å². The molecule has 0 aliphatic heterocycles. The fraction of sp³-hybridized carbons (Fsp3) is 0.529. The maximum atomic E-state index is 12.1. The quantitative estimate of drug-likeness (QED) is 0.896. The van der Waals surface area contributed by atoms with Crippen molar-refractivity contribution in [2.45, 2.75) is 51.0 Å². The Morgan fingerprint density at radius 2 is 2.12 bits per heavy atom. The SMILES string of the molecule is O=C(NCCn1nc2c(cc1=O)CCCC2)c1cc(C2CC2)on1. The van der Waals surface area contributed by atoms with Gasteiger partial charge in [-0.3, -0.25) is 9.59 Å². The van der Waals surface area contributed by atoms with Crippen molar-refractivity contribution in [1.82, 2.24) is 20.3 Å². The Morgan fingerprint density at radius 3 is 2.96 bits per heavy atom. The Balaban J connectivity index is 1.36. The van der Waals surface area contributed by atoms with Crippen LogP contribution < -0.4 is 10.9 Å². The molecule has 2 aromatic heterocycles. The van der Waals surface area contributed by atoms with Crippen LogP contribution in [-0.2, 0) is 19.4 Å². The summed E-state index contributed by atoms with van der Waals surface area (Å²) < 4.78 is 6.61. The van der Waals surface area contributed by atoms with Crippen LogP contribution in [0.15, 0.2) is 21.5 Å². The lowest BCUT2D eigenvalue weighted by Gasteiger charge is -2.15. The van der Waals surface area contributed by atoms with E-state index >= 15 is 0 Å². The van der Waals surface area contributed by atoms with Gasteiger partial charge in [0.2, 0.25) is 0 Å². The monoisotopic (exact) mass is 328 g/mol. The van der Waals surface area contributed by atoms with Crippen molar-refractivity contribution in [2.24, 2.45) is 0 Å². The van der Waals surface area contributed by atoms with E-state index in [-0.39, 0.29) is 11.5 Å². The molecule has 4 rings (SSSR count). The van der Waals surface area contributed by atoms with Crippen molar-refractivity contribution in [3.8, 4) is 0 Å². The fourth-order valence-electron chi connectivity index (χ4n) is 3.08. The summed E-state index contributed by atoms with van der Waals surface area (Å²) in [6.45, 7) is 0.682.